The maximum atomic E-state index is 15.0. The van der Waals surface area contributed by atoms with Crippen LogP contribution in [0.25, 0.3) is 0 Å². The van der Waals surface area contributed by atoms with Crippen molar-refractivity contribution in [1.29, 1.82) is 0 Å². The van der Waals surface area contributed by atoms with Gasteiger partial charge in [-0.25, -0.2) is 4.39 Å². The van der Waals surface area contributed by atoms with Crippen LogP contribution >= 0.6 is 27.7 Å². The molecule has 3 aliphatic rings. The van der Waals surface area contributed by atoms with Crippen LogP contribution in [0.5, 0.6) is 0 Å². The SMILES string of the molecule is O=C(NC1=N[C@@]2(c3cc(Br)ccc3F)CC(OC3CC3)C[C@H]2CS1)c1ccccc1. The maximum absolute atomic E-state index is 15.0. The molecule has 1 amide bonds. The molecule has 0 bridgehead atoms. The van der Waals surface area contributed by atoms with Crippen molar-refractivity contribution in [2.45, 2.75) is 43.4 Å². The van der Waals surface area contributed by atoms with Crippen molar-refractivity contribution >= 4 is 38.8 Å². The number of fused-ring (bicyclic) bond motifs is 1. The van der Waals surface area contributed by atoms with E-state index in [1.807, 2.05) is 24.3 Å². The lowest BCUT2D eigenvalue weighted by atomic mass is 9.81. The van der Waals surface area contributed by atoms with Gasteiger partial charge in [0.15, 0.2) is 5.17 Å². The van der Waals surface area contributed by atoms with E-state index < -0.39 is 5.54 Å². The second-order valence-corrected chi connectivity index (χ2v) is 10.1. The van der Waals surface area contributed by atoms with Gasteiger partial charge in [0.1, 0.15) is 5.82 Å². The lowest BCUT2D eigenvalue weighted by Crippen LogP contribution is -2.40. The highest BCUT2D eigenvalue weighted by atomic mass is 79.9. The molecule has 7 heteroatoms. The number of benzene rings is 2. The van der Waals surface area contributed by atoms with Crippen molar-refractivity contribution in [2.24, 2.45) is 10.9 Å². The first-order valence-corrected chi connectivity index (χ1v) is 12.0. The number of nitrogens with zero attached hydrogens (tertiary/aromatic N) is 1. The van der Waals surface area contributed by atoms with Gasteiger partial charge in [0.2, 0.25) is 0 Å². The number of carbonyl (C=O) groups excluding carboxylic acids is 1. The lowest BCUT2D eigenvalue weighted by molar-refractivity contribution is 0.0401. The molecule has 0 radical (unpaired) electrons. The van der Waals surface area contributed by atoms with Gasteiger partial charge in [-0.2, -0.15) is 0 Å². The first-order chi connectivity index (χ1) is 14.5. The zero-order valence-corrected chi connectivity index (χ0v) is 18.7. The Morgan fingerprint density at radius 2 is 2.00 bits per heavy atom. The lowest BCUT2D eigenvalue weighted by Gasteiger charge is -2.36. The van der Waals surface area contributed by atoms with E-state index in [-0.39, 0.29) is 23.7 Å². The van der Waals surface area contributed by atoms with Crippen molar-refractivity contribution < 1.29 is 13.9 Å². The molecule has 2 aliphatic carbocycles. The molecular formula is C23H22BrFN2O2S. The summed E-state index contributed by atoms with van der Waals surface area (Å²) in [5.74, 6) is 0.464. The number of amidine groups is 1. The molecular weight excluding hydrogens is 467 g/mol. The molecule has 1 unspecified atom stereocenters. The summed E-state index contributed by atoms with van der Waals surface area (Å²) in [6, 6.07) is 14.1. The highest BCUT2D eigenvalue weighted by Gasteiger charge is 2.53. The first-order valence-electron chi connectivity index (χ1n) is 10.2. The van der Waals surface area contributed by atoms with E-state index in [2.05, 4.69) is 21.2 Å². The molecule has 0 aromatic heterocycles. The van der Waals surface area contributed by atoms with E-state index in [1.165, 1.54) is 17.8 Å². The fraction of sp³-hybridized carbons (Fsp3) is 0.391. The van der Waals surface area contributed by atoms with Crippen LogP contribution in [-0.2, 0) is 10.3 Å². The molecule has 2 aromatic carbocycles. The molecule has 1 N–H and O–H groups in total. The Morgan fingerprint density at radius 1 is 1.20 bits per heavy atom. The molecule has 2 saturated carbocycles. The van der Waals surface area contributed by atoms with E-state index in [4.69, 9.17) is 9.73 Å². The highest BCUT2D eigenvalue weighted by molar-refractivity contribution is 9.10. The fourth-order valence-electron chi connectivity index (χ4n) is 4.47. The Bertz CT molecular complexity index is 998. The quantitative estimate of drug-likeness (QED) is 0.637. The number of amides is 1. The van der Waals surface area contributed by atoms with Crippen LogP contribution in [-0.4, -0.2) is 29.0 Å². The van der Waals surface area contributed by atoms with Crippen molar-refractivity contribution in [3.63, 3.8) is 0 Å². The molecule has 3 atom stereocenters. The van der Waals surface area contributed by atoms with Crippen molar-refractivity contribution in [2.75, 3.05) is 5.75 Å². The van der Waals surface area contributed by atoms with Gasteiger partial charge in [-0.05, 0) is 49.6 Å². The van der Waals surface area contributed by atoms with E-state index >= 15 is 4.39 Å². The number of hydrogen-bond acceptors (Lipinski definition) is 4. The predicted molar refractivity (Wildman–Crippen MR) is 120 cm³/mol. The van der Waals surface area contributed by atoms with Gasteiger partial charge in [-0.15, -0.1) is 0 Å². The van der Waals surface area contributed by atoms with E-state index in [0.717, 1.165) is 29.5 Å². The van der Waals surface area contributed by atoms with Gasteiger partial charge in [0, 0.05) is 33.7 Å². The summed E-state index contributed by atoms with van der Waals surface area (Å²) in [6.45, 7) is 0. The molecule has 1 heterocycles. The summed E-state index contributed by atoms with van der Waals surface area (Å²) in [4.78, 5) is 17.7. The van der Waals surface area contributed by atoms with Gasteiger partial charge in [-0.1, -0.05) is 45.9 Å². The molecule has 1 aliphatic heterocycles. The number of halogens is 2. The van der Waals surface area contributed by atoms with Crippen LogP contribution < -0.4 is 5.32 Å². The minimum Gasteiger partial charge on any atom is -0.375 e. The Hall–Kier alpha value is -1.70. The molecule has 2 aromatic rings. The van der Waals surface area contributed by atoms with Crippen LogP contribution in [0, 0.1) is 11.7 Å². The third-order valence-electron chi connectivity index (χ3n) is 6.04. The number of carbonyl (C=O) groups is 1. The van der Waals surface area contributed by atoms with Crippen LogP contribution in [0.2, 0.25) is 0 Å². The van der Waals surface area contributed by atoms with Crippen molar-refractivity contribution in [3.8, 4) is 0 Å². The van der Waals surface area contributed by atoms with Crippen molar-refractivity contribution in [1.82, 2.24) is 5.32 Å². The second kappa shape index (κ2) is 8.09. The van der Waals surface area contributed by atoms with E-state index in [0.29, 0.717) is 28.8 Å². The van der Waals surface area contributed by atoms with Crippen LogP contribution in [0.15, 0.2) is 58.0 Å². The van der Waals surface area contributed by atoms with Crippen LogP contribution in [0.1, 0.15) is 41.6 Å². The molecule has 5 rings (SSSR count). The highest BCUT2D eigenvalue weighted by Crippen LogP contribution is 2.53. The monoisotopic (exact) mass is 488 g/mol. The Labute approximate surface area is 187 Å². The van der Waals surface area contributed by atoms with Gasteiger partial charge in [0.25, 0.3) is 5.91 Å². The topological polar surface area (TPSA) is 50.7 Å². The summed E-state index contributed by atoms with van der Waals surface area (Å²) in [5, 5.41) is 3.49. The summed E-state index contributed by atoms with van der Waals surface area (Å²) in [5.41, 5.74) is 0.431. The fourth-order valence-corrected chi connectivity index (χ4v) is 5.99. The van der Waals surface area contributed by atoms with Gasteiger partial charge >= 0.3 is 0 Å². The second-order valence-electron chi connectivity index (χ2n) is 8.19. The normalized spacial score (nSPS) is 28.0. The van der Waals surface area contributed by atoms with Gasteiger partial charge in [0.05, 0.1) is 17.7 Å². The number of thioether (sulfide) groups is 1. The summed E-state index contributed by atoms with van der Waals surface area (Å²) < 4.78 is 22.1. The third kappa shape index (κ3) is 3.95. The van der Waals surface area contributed by atoms with Crippen molar-refractivity contribution in [3.05, 3.63) is 69.9 Å². The Kier molecular flexibility index (Phi) is 5.45. The largest absolute Gasteiger partial charge is 0.375 e. The molecule has 0 spiro atoms. The maximum Gasteiger partial charge on any atom is 0.257 e. The van der Waals surface area contributed by atoms with E-state index in [1.54, 1.807) is 18.2 Å². The average Bonchev–Trinajstić information content (AvgIpc) is 3.48. The van der Waals surface area contributed by atoms with Crippen LogP contribution in [0.4, 0.5) is 4.39 Å². The zero-order valence-electron chi connectivity index (χ0n) is 16.3. The molecule has 30 heavy (non-hydrogen) atoms. The molecule has 0 saturated heterocycles. The number of nitrogens with one attached hydrogen (secondary N) is 1. The predicted octanol–water partition coefficient (Wildman–Crippen LogP) is 5.27. The number of rotatable bonds is 4. The minimum absolute atomic E-state index is 0.0643. The number of ether oxygens (including phenoxy) is 1. The number of hydrogen-bond donors (Lipinski definition) is 1. The zero-order chi connectivity index (χ0) is 20.7. The van der Waals surface area contributed by atoms with Gasteiger partial charge in [-0.3, -0.25) is 9.79 Å². The smallest absolute Gasteiger partial charge is 0.257 e. The molecule has 4 nitrogen and oxygen atoms in total. The van der Waals surface area contributed by atoms with Crippen LogP contribution in [0.3, 0.4) is 0 Å². The summed E-state index contributed by atoms with van der Waals surface area (Å²) >= 11 is 5.02. The third-order valence-corrected chi connectivity index (χ3v) is 7.57. The molecule has 156 valence electrons. The first kappa shape index (κ1) is 20.2. The Balaban J connectivity index is 1.49. The average molecular weight is 489 g/mol. The summed E-state index contributed by atoms with van der Waals surface area (Å²) in [7, 11) is 0. The minimum atomic E-state index is -0.724. The Morgan fingerprint density at radius 3 is 2.77 bits per heavy atom. The number of aliphatic imine (C=N–C) groups is 1. The standard InChI is InChI=1S/C23H22BrFN2O2S/c24-16-6-9-20(25)19(11-16)23-12-18(29-17-7-8-17)10-15(23)13-30-22(27-23)26-21(28)14-4-2-1-3-5-14/h1-6,9,11,15,17-18H,7-8,10,12-13H2,(H,26,27,28)/t15-,18?,23-/m0/s1. The summed E-state index contributed by atoms with van der Waals surface area (Å²) in [6.07, 6.45) is 4.11. The molecule has 2 fully saturated rings. The van der Waals surface area contributed by atoms with E-state index in [9.17, 15) is 4.79 Å². The van der Waals surface area contributed by atoms with Gasteiger partial charge < -0.3 is 10.1 Å².